The summed E-state index contributed by atoms with van der Waals surface area (Å²) in [4.78, 5) is 27.9. The normalized spacial score (nSPS) is 20.9. The third-order valence-electron chi connectivity index (χ3n) is 17.9. The number of aliphatic hydroxyl groups excluding tert-OH is 1. The Bertz CT molecular complexity index is 3510. The van der Waals surface area contributed by atoms with Gasteiger partial charge in [-0.05, 0) is 164 Å². The molecular formula is C60H66F18N14O3. The minimum Gasteiger partial charge on any atom is -0.481 e. The van der Waals surface area contributed by atoms with Gasteiger partial charge in [-0.2, -0.15) is 88.6 Å². The van der Waals surface area contributed by atoms with Crippen molar-refractivity contribution in [2.24, 2.45) is 37.8 Å². The summed E-state index contributed by atoms with van der Waals surface area (Å²) >= 11 is 0. The number of aliphatic hydroxyl groups is 1. The number of rotatable bonds is 18. The van der Waals surface area contributed by atoms with Gasteiger partial charge in [-0.1, -0.05) is 23.0 Å². The smallest absolute Gasteiger partial charge is 0.417 e. The molecule has 0 spiro atoms. The van der Waals surface area contributed by atoms with E-state index in [9.17, 15) is 94.0 Å². The van der Waals surface area contributed by atoms with Crippen LogP contribution in [0.1, 0.15) is 146 Å². The Morgan fingerprint density at radius 3 is 1.13 bits per heavy atom. The van der Waals surface area contributed by atoms with Crippen LogP contribution in [0.3, 0.4) is 0 Å². The fourth-order valence-corrected chi connectivity index (χ4v) is 13.5. The molecule has 17 nitrogen and oxygen atoms in total. The van der Waals surface area contributed by atoms with E-state index in [4.69, 9.17) is 0 Å². The van der Waals surface area contributed by atoms with Crippen molar-refractivity contribution in [3.63, 3.8) is 0 Å². The van der Waals surface area contributed by atoms with Crippen LogP contribution in [0.5, 0.6) is 0 Å². The molecule has 0 radical (unpaired) electrons. The Hall–Kier alpha value is -7.75. The van der Waals surface area contributed by atoms with Gasteiger partial charge in [0.05, 0.1) is 47.5 Å². The molecular weight excluding hydrogens is 1310 g/mol. The summed E-state index contributed by atoms with van der Waals surface area (Å²) in [5.41, 5.74) is -9.02. The fourth-order valence-electron chi connectivity index (χ4n) is 13.5. The maximum Gasteiger partial charge on any atom is 0.417 e. The number of hydrogen-bond acceptors (Lipinski definition) is 14. The average molecular weight is 1370 g/mol. The summed E-state index contributed by atoms with van der Waals surface area (Å²) < 4.78 is 247. The number of carboxylic acid groups (broad SMARTS) is 1. The first-order valence-electron chi connectivity index (χ1n) is 30.4. The summed E-state index contributed by atoms with van der Waals surface area (Å²) in [6.07, 6.45) is -18.3. The number of aryl methyl sites for hydroxylation is 2. The summed E-state index contributed by atoms with van der Waals surface area (Å²) in [5, 5.41) is 41.7. The number of halogens is 18. The van der Waals surface area contributed by atoms with Crippen molar-refractivity contribution in [3.8, 4) is 0 Å². The number of anilines is 4. The van der Waals surface area contributed by atoms with Gasteiger partial charge >= 0.3 is 43.0 Å². The highest BCUT2D eigenvalue weighted by molar-refractivity contribution is 5.67. The van der Waals surface area contributed by atoms with Crippen LogP contribution in [0, 0.1) is 23.7 Å². The minimum absolute atomic E-state index is 0.00797. The Kier molecular flexibility index (Phi) is 21.5. The molecule has 6 aromatic rings. The van der Waals surface area contributed by atoms with Gasteiger partial charge < -0.3 is 29.8 Å². The Morgan fingerprint density at radius 1 is 0.474 bits per heavy atom. The van der Waals surface area contributed by atoms with Crippen molar-refractivity contribution < 1.29 is 94.0 Å². The van der Waals surface area contributed by atoms with Gasteiger partial charge in [0, 0.05) is 87.9 Å². The number of nitrogens with zero attached hydrogens (tertiary/aromatic N) is 14. The molecule has 2 saturated carbocycles. The Morgan fingerprint density at radius 2 is 0.821 bits per heavy atom. The number of alkyl halides is 18. The van der Waals surface area contributed by atoms with Gasteiger partial charge in [-0.3, -0.25) is 4.79 Å². The standard InChI is InChI=1S/C30H32F9N7O2.C30H34F9N7O/c1-44-42-27(41-43-44)45(15-18-9-21(28(31,32)33)13-22(10-18)29(34,35)36)16-20-12-23(30(37,38)39)14-40-26(20)46-8-2-3-24(46)19-6-4-17(5-7-19)11-25(47)48;1-44-42-27(41-43-44)45(16-19-11-22(28(31,32)33)14-23(12-19)29(34,35)36)17-21-13-24(30(37,38)39)15-40-26(21)46-9-2-3-25(46)20-6-4-18(5-7-20)8-10-47/h9-10,12-14,17,19,24H,2-8,11,15-16H2,1H3,(H,47,48);11-15,18,20,25,47H,2-10,16-17H2,1H3/t17?,19?,24-;18?,20?,25-/m11/s1. The van der Waals surface area contributed by atoms with E-state index in [2.05, 4.69) is 40.8 Å². The summed E-state index contributed by atoms with van der Waals surface area (Å²) in [5.74, 6) is -0.0436. The highest BCUT2D eigenvalue weighted by atomic mass is 19.4. The van der Waals surface area contributed by atoms with E-state index < -0.39 is 114 Å². The zero-order valence-corrected chi connectivity index (χ0v) is 51.0. The molecule has 2 saturated heterocycles. The summed E-state index contributed by atoms with van der Waals surface area (Å²) in [6.45, 7) is -1.03. The highest BCUT2D eigenvalue weighted by Gasteiger charge is 2.43. The maximum atomic E-state index is 13.9. The first-order chi connectivity index (χ1) is 44.4. The number of tetrazole rings is 2. The fraction of sp³-hybridized carbons (Fsp3) is 0.583. The van der Waals surface area contributed by atoms with Crippen molar-refractivity contribution in [1.82, 2.24) is 50.4 Å². The van der Waals surface area contributed by atoms with Crippen LogP contribution in [-0.2, 0) is 82.1 Å². The first kappa shape index (κ1) is 71.5. The molecule has 2 aromatic carbocycles. The van der Waals surface area contributed by atoms with Crippen molar-refractivity contribution in [1.29, 1.82) is 0 Å². The largest absolute Gasteiger partial charge is 0.481 e. The second-order valence-electron chi connectivity index (χ2n) is 24.6. The topological polar surface area (TPSA) is 183 Å². The van der Waals surface area contributed by atoms with Crippen LogP contribution in [0.2, 0.25) is 0 Å². The van der Waals surface area contributed by atoms with E-state index >= 15 is 0 Å². The van der Waals surface area contributed by atoms with E-state index in [1.54, 1.807) is 0 Å². The lowest BCUT2D eigenvalue weighted by Crippen LogP contribution is -2.39. The van der Waals surface area contributed by atoms with Crippen LogP contribution in [0.25, 0.3) is 0 Å². The molecule has 10 rings (SSSR count). The monoisotopic (exact) mass is 1370 g/mol. The quantitative estimate of drug-likeness (QED) is 0.0774. The Balaban J connectivity index is 0.000000223. The van der Waals surface area contributed by atoms with Gasteiger partial charge in [0.2, 0.25) is 0 Å². The maximum absolute atomic E-state index is 13.9. The van der Waals surface area contributed by atoms with E-state index in [0.717, 1.165) is 90.6 Å². The zero-order valence-electron chi connectivity index (χ0n) is 51.0. The lowest BCUT2D eigenvalue weighted by Gasteiger charge is -2.38. The molecule has 4 aliphatic rings. The summed E-state index contributed by atoms with van der Waals surface area (Å²) in [7, 11) is 2.76. The van der Waals surface area contributed by atoms with E-state index in [0.29, 0.717) is 75.2 Å². The minimum atomic E-state index is -5.11. The van der Waals surface area contributed by atoms with E-state index in [1.165, 1.54) is 19.0 Å². The summed E-state index contributed by atoms with van der Waals surface area (Å²) in [6, 6.07) is 3.86. The highest BCUT2D eigenvalue weighted by Crippen LogP contribution is 2.45. The van der Waals surface area contributed by atoms with Gasteiger partial charge in [-0.25, -0.2) is 9.97 Å². The molecule has 6 heterocycles. The zero-order chi connectivity index (χ0) is 69.2. The van der Waals surface area contributed by atoms with Gasteiger partial charge in [0.25, 0.3) is 11.9 Å². The van der Waals surface area contributed by atoms with E-state index in [-0.39, 0.29) is 89.7 Å². The van der Waals surface area contributed by atoms with Crippen LogP contribution in [0.4, 0.5) is 103 Å². The number of aliphatic carboxylic acids is 1. The lowest BCUT2D eigenvalue weighted by molar-refractivity contribution is -0.144. The van der Waals surface area contributed by atoms with Crippen LogP contribution in [0.15, 0.2) is 60.9 Å². The molecule has 2 aliphatic heterocycles. The number of pyridine rings is 2. The SMILES string of the molecule is Cn1nnc(N(Cc2cc(C(F)(F)F)cc(C(F)(F)F)c2)Cc2cc(C(F)(F)F)cnc2N2CCC[C@@H]2C2CCC(CC(=O)O)CC2)n1.Cn1nnc(N(Cc2cc(C(F)(F)F)cc(C(F)(F)F)c2)Cc2cc(C(F)(F)F)cnc2N2CCC[C@@H]2C2CCC(CCO)CC2)n1. The number of benzene rings is 2. The molecule has 2 atom stereocenters. The first-order valence-corrected chi connectivity index (χ1v) is 30.4. The van der Waals surface area contributed by atoms with E-state index in [1.807, 2.05) is 9.80 Å². The van der Waals surface area contributed by atoms with Crippen molar-refractivity contribution in [3.05, 3.63) is 117 Å². The number of carboxylic acids is 1. The van der Waals surface area contributed by atoms with Gasteiger partial charge in [0.15, 0.2) is 0 Å². The molecule has 520 valence electrons. The molecule has 0 bridgehead atoms. The van der Waals surface area contributed by atoms with Crippen molar-refractivity contribution in [2.75, 3.05) is 39.3 Å². The Labute approximate surface area is 531 Å². The molecule has 4 fully saturated rings. The predicted molar refractivity (Wildman–Crippen MR) is 304 cm³/mol. The third-order valence-corrected chi connectivity index (χ3v) is 17.9. The van der Waals surface area contributed by atoms with Crippen molar-refractivity contribution >= 4 is 29.5 Å². The second-order valence-corrected chi connectivity index (χ2v) is 24.6. The molecule has 0 unspecified atom stereocenters. The molecule has 4 aromatic heterocycles. The number of hydrogen-bond donors (Lipinski definition) is 2. The van der Waals surface area contributed by atoms with Crippen LogP contribution < -0.4 is 19.6 Å². The number of aromatic nitrogens is 10. The molecule has 0 amide bonds. The molecule has 2 N–H and O–H groups in total. The van der Waals surface area contributed by atoms with Gasteiger partial charge in [-0.15, -0.1) is 10.2 Å². The molecule has 2 aliphatic carbocycles. The van der Waals surface area contributed by atoms with Gasteiger partial charge in [0.1, 0.15) is 11.6 Å². The van der Waals surface area contributed by atoms with Crippen molar-refractivity contribution in [2.45, 2.75) is 165 Å². The second kappa shape index (κ2) is 28.5. The lowest BCUT2D eigenvalue weighted by atomic mass is 9.76. The average Bonchev–Trinajstić information content (AvgIpc) is 1.78. The molecule has 35 heteroatoms. The third kappa shape index (κ3) is 18.2. The molecule has 95 heavy (non-hydrogen) atoms. The van der Waals surface area contributed by atoms with Crippen LogP contribution in [-0.4, -0.2) is 98.3 Å². The van der Waals surface area contributed by atoms with Crippen LogP contribution >= 0.6 is 0 Å². The predicted octanol–water partition coefficient (Wildman–Crippen LogP) is 14.1. The number of carbonyl (C=O) groups is 1.